The van der Waals surface area contributed by atoms with Gasteiger partial charge in [-0.1, -0.05) is 54.6 Å². The number of rotatable bonds is 7. The van der Waals surface area contributed by atoms with Gasteiger partial charge >= 0.3 is 0 Å². The molecule has 1 N–H and O–H groups in total. The maximum atomic E-state index is 11.7. The Balaban J connectivity index is 2.28. The fourth-order valence-electron chi connectivity index (χ4n) is 2.45. The van der Waals surface area contributed by atoms with Crippen LogP contribution in [0.2, 0.25) is 0 Å². The molecule has 2 aromatic rings. The second-order valence-corrected chi connectivity index (χ2v) is 5.41. The summed E-state index contributed by atoms with van der Waals surface area (Å²) in [7, 11) is 0. The molecule has 0 radical (unpaired) electrons. The molecule has 7 heteroatoms. The van der Waals surface area contributed by atoms with Gasteiger partial charge in [-0.15, -0.1) is 0 Å². The normalized spacial score (nSPS) is 11.5. The Labute approximate surface area is 143 Å². The van der Waals surface area contributed by atoms with Crippen molar-refractivity contribution < 1.29 is 14.5 Å². The van der Waals surface area contributed by atoms with Gasteiger partial charge < -0.3 is 0 Å². The van der Waals surface area contributed by atoms with Gasteiger partial charge in [-0.05, 0) is 11.1 Å². The highest BCUT2D eigenvalue weighted by molar-refractivity contribution is 6.21. The van der Waals surface area contributed by atoms with E-state index >= 15 is 0 Å². The van der Waals surface area contributed by atoms with Crippen molar-refractivity contribution in [2.45, 2.75) is 12.3 Å². The highest BCUT2D eigenvalue weighted by Crippen LogP contribution is 2.28. The molecule has 2 aromatic carbocycles. The van der Waals surface area contributed by atoms with E-state index in [0.717, 1.165) is 11.1 Å². The number of nitro groups is 1. The monoisotopic (exact) mass is 346 g/mol. The second-order valence-electron chi connectivity index (χ2n) is 5.22. The third-order valence-electron chi connectivity index (χ3n) is 3.60. The van der Waals surface area contributed by atoms with E-state index < -0.39 is 17.3 Å². The topological polar surface area (TPSA) is 89.3 Å². The molecule has 1 amide bonds. The van der Waals surface area contributed by atoms with Gasteiger partial charge in [0.2, 0.25) is 11.7 Å². The molecule has 24 heavy (non-hydrogen) atoms. The van der Waals surface area contributed by atoms with Crippen LogP contribution in [0, 0.1) is 10.1 Å². The van der Waals surface area contributed by atoms with Crippen LogP contribution in [0.3, 0.4) is 0 Å². The molecule has 0 saturated carbocycles. The summed E-state index contributed by atoms with van der Waals surface area (Å²) in [6, 6.07) is 15.9. The first kappa shape index (κ1) is 17.6. The van der Waals surface area contributed by atoms with E-state index in [4.69, 9.17) is 11.8 Å². The molecule has 0 aliphatic carbocycles. The number of Topliss-reactive ketones (excluding diaryl/α,β-unsaturated/α-hetero) is 1. The lowest BCUT2D eigenvalue weighted by Gasteiger charge is -2.17. The zero-order valence-electron chi connectivity index (χ0n) is 12.6. The van der Waals surface area contributed by atoms with Crippen LogP contribution in [0.25, 0.3) is 0 Å². The van der Waals surface area contributed by atoms with Gasteiger partial charge in [0.1, 0.15) is 0 Å². The number of hydrogen-bond acceptors (Lipinski definition) is 4. The van der Waals surface area contributed by atoms with E-state index in [9.17, 15) is 19.7 Å². The third kappa shape index (κ3) is 4.63. The third-order valence-corrected chi connectivity index (χ3v) is 3.82. The van der Waals surface area contributed by atoms with E-state index in [1.807, 2.05) is 30.3 Å². The first-order chi connectivity index (χ1) is 11.5. The average Bonchev–Trinajstić information content (AvgIpc) is 2.59. The largest absolute Gasteiger partial charge is 0.287 e. The minimum absolute atomic E-state index is 0.149. The second kappa shape index (κ2) is 8.21. The van der Waals surface area contributed by atoms with Crippen LogP contribution >= 0.6 is 11.8 Å². The van der Waals surface area contributed by atoms with Crippen LogP contribution in [0.15, 0.2) is 54.6 Å². The minimum Gasteiger partial charge on any atom is -0.287 e. The predicted molar refractivity (Wildman–Crippen MR) is 89.5 cm³/mol. The summed E-state index contributed by atoms with van der Waals surface area (Å²) in [6.07, 6.45) is 0.149. The molecule has 1 unspecified atom stereocenters. The van der Waals surface area contributed by atoms with Crippen molar-refractivity contribution in [3.8, 4) is 0 Å². The Morgan fingerprint density at radius 3 is 2.17 bits per heavy atom. The van der Waals surface area contributed by atoms with Gasteiger partial charge in [-0.2, -0.15) is 0 Å². The zero-order chi connectivity index (χ0) is 17.5. The number of benzene rings is 2. The molecule has 0 aliphatic heterocycles. The lowest BCUT2D eigenvalue weighted by Crippen LogP contribution is -2.17. The number of nitrogens with one attached hydrogen (secondary N) is 1. The summed E-state index contributed by atoms with van der Waals surface area (Å²) in [5.74, 6) is -1.11. The molecule has 0 aromatic heterocycles. The number of halogens is 1. The van der Waals surface area contributed by atoms with Crippen molar-refractivity contribution in [3.05, 3.63) is 81.4 Å². The molecule has 124 valence electrons. The lowest BCUT2D eigenvalue weighted by atomic mass is 9.87. The molecule has 0 saturated heterocycles. The Bertz CT molecular complexity index is 732. The summed E-state index contributed by atoms with van der Waals surface area (Å²) >= 11 is 5.38. The maximum Gasteiger partial charge on any atom is 0.265 e. The van der Waals surface area contributed by atoms with E-state index in [2.05, 4.69) is 4.84 Å². The maximum absolute atomic E-state index is 11.7. The average molecular weight is 347 g/mol. The fraction of sp³-hybridized carbons (Fsp3) is 0.176. The Morgan fingerprint density at radius 1 is 1.04 bits per heavy atom. The SMILES string of the molecule is O=C(CC(c1ccccc1)c1ccc(C(=O)C[N+](=O)[O-])cc1)NCl. The first-order valence-corrected chi connectivity index (χ1v) is 7.58. The number of nitrogens with zero attached hydrogens (tertiary/aromatic N) is 1. The number of ketones is 1. The summed E-state index contributed by atoms with van der Waals surface area (Å²) in [5.41, 5.74) is 2.02. The Morgan fingerprint density at radius 2 is 1.62 bits per heavy atom. The summed E-state index contributed by atoms with van der Waals surface area (Å²) in [6.45, 7) is -0.740. The van der Waals surface area contributed by atoms with Gasteiger partial charge in [-0.25, -0.2) is 0 Å². The number of amides is 1. The van der Waals surface area contributed by atoms with E-state index in [1.165, 1.54) is 12.1 Å². The highest BCUT2D eigenvalue weighted by atomic mass is 35.5. The molecular formula is C17H15ClN2O4. The minimum atomic E-state index is -0.740. The molecular weight excluding hydrogens is 332 g/mol. The van der Waals surface area contributed by atoms with Crippen molar-refractivity contribution in [2.75, 3.05) is 6.54 Å². The van der Waals surface area contributed by atoms with Crippen molar-refractivity contribution in [1.29, 1.82) is 0 Å². The van der Waals surface area contributed by atoms with Crippen molar-refractivity contribution in [1.82, 2.24) is 4.84 Å². The highest BCUT2D eigenvalue weighted by Gasteiger charge is 2.19. The molecule has 0 spiro atoms. The molecule has 2 rings (SSSR count). The van der Waals surface area contributed by atoms with E-state index in [0.29, 0.717) is 0 Å². The van der Waals surface area contributed by atoms with Crippen molar-refractivity contribution in [2.24, 2.45) is 0 Å². The Kier molecular flexibility index (Phi) is 6.03. The molecule has 1 atom stereocenters. The van der Waals surface area contributed by atoms with Crippen LogP contribution in [0.5, 0.6) is 0 Å². The number of carbonyl (C=O) groups excluding carboxylic acids is 2. The number of hydrogen-bond donors (Lipinski definition) is 1. The predicted octanol–water partition coefficient (Wildman–Crippen LogP) is 2.94. The quantitative estimate of drug-likeness (QED) is 0.361. The van der Waals surface area contributed by atoms with E-state index in [1.54, 1.807) is 12.1 Å². The van der Waals surface area contributed by atoms with Crippen LogP contribution in [-0.2, 0) is 4.79 Å². The summed E-state index contributed by atoms with van der Waals surface area (Å²) in [5, 5.41) is 10.4. The molecule has 0 fully saturated rings. The fourth-order valence-corrected chi connectivity index (χ4v) is 2.52. The van der Waals surface area contributed by atoms with E-state index in [-0.39, 0.29) is 23.8 Å². The van der Waals surface area contributed by atoms with Gasteiger partial charge in [0.05, 0.1) is 0 Å². The van der Waals surface area contributed by atoms with Crippen LogP contribution < -0.4 is 4.84 Å². The first-order valence-electron chi connectivity index (χ1n) is 7.20. The molecule has 0 aliphatic rings. The van der Waals surface area contributed by atoms with Crippen LogP contribution in [-0.4, -0.2) is 23.2 Å². The van der Waals surface area contributed by atoms with Gasteiger partial charge in [0, 0.05) is 34.6 Å². The molecule has 6 nitrogen and oxygen atoms in total. The van der Waals surface area contributed by atoms with Gasteiger partial charge in [0.25, 0.3) is 6.54 Å². The molecule has 0 bridgehead atoms. The molecule has 0 heterocycles. The standard InChI is InChI=1S/C17H15ClN2O4/c18-19-17(22)10-15(12-4-2-1-3-5-12)13-6-8-14(9-7-13)16(21)11-20(23)24/h1-9,15H,10-11H2,(H,19,22). The summed E-state index contributed by atoms with van der Waals surface area (Å²) in [4.78, 5) is 35.3. The van der Waals surface area contributed by atoms with Crippen molar-refractivity contribution in [3.63, 3.8) is 0 Å². The number of carbonyl (C=O) groups is 2. The summed E-state index contributed by atoms with van der Waals surface area (Å²) < 4.78 is 0. The van der Waals surface area contributed by atoms with Crippen LogP contribution in [0.1, 0.15) is 33.8 Å². The lowest BCUT2D eigenvalue weighted by molar-refractivity contribution is -0.465. The van der Waals surface area contributed by atoms with Crippen molar-refractivity contribution >= 4 is 23.5 Å². The van der Waals surface area contributed by atoms with Crippen LogP contribution in [0.4, 0.5) is 0 Å². The van der Waals surface area contributed by atoms with Gasteiger partial charge in [-0.3, -0.25) is 24.5 Å². The zero-order valence-corrected chi connectivity index (χ0v) is 13.4. The van der Waals surface area contributed by atoms with Gasteiger partial charge in [0.15, 0.2) is 0 Å². The smallest absolute Gasteiger partial charge is 0.265 e. The Hall–Kier alpha value is -2.73.